The molecule has 0 aliphatic carbocycles. The van der Waals surface area contributed by atoms with Crippen LogP contribution in [0.5, 0.6) is 0 Å². The predicted molar refractivity (Wildman–Crippen MR) is 78.9 cm³/mol. The Kier molecular flexibility index (Phi) is 4.61. The van der Waals surface area contributed by atoms with Crippen molar-refractivity contribution < 1.29 is 22.7 Å². The van der Waals surface area contributed by atoms with Crippen molar-refractivity contribution in [2.45, 2.75) is 37.8 Å². The van der Waals surface area contributed by atoms with Gasteiger partial charge < -0.3 is 9.64 Å². The summed E-state index contributed by atoms with van der Waals surface area (Å²) in [4.78, 5) is 17.8. The fraction of sp³-hybridized carbons (Fsp3) is 0.600. The van der Waals surface area contributed by atoms with Crippen molar-refractivity contribution in [3.05, 3.63) is 27.9 Å². The molecule has 1 saturated heterocycles. The number of ether oxygens (including phenoxy) is 1. The molecule has 2 aliphatic rings. The average molecular weight is 346 g/mol. The lowest BCUT2D eigenvalue weighted by molar-refractivity contribution is -0.141. The summed E-state index contributed by atoms with van der Waals surface area (Å²) >= 11 is 1.02. The average Bonchev–Trinajstić information content (AvgIpc) is 3.05. The third-order valence-electron chi connectivity index (χ3n) is 4.02. The van der Waals surface area contributed by atoms with Crippen molar-refractivity contribution in [1.29, 1.82) is 0 Å². The maximum atomic E-state index is 12.7. The number of carbonyl (C=O) groups excluding carboxylic acids is 1. The van der Waals surface area contributed by atoms with E-state index < -0.39 is 11.9 Å². The lowest BCUT2D eigenvalue weighted by Gasteiger charge is -2.32. The van der Waals surface area contributed by atoms with E-state index in [-0.39, 0.29) is 11.8 Å². The quantitative estimate of drug-likeness (QED) is 0.822. The van der Waals surface area contributed by atoms with Crippen LogP contribution in [0.4, 0.5) is 13.2 Å². The second-order valence-corrected chi connectivity index (χ2v) is 6.61. The van der Waals surface area contributed by atoms with E-state index in [0.717, 1.165) is 42.4 Å². The van der Waals surface area contributed by atoms with Crippen LogP contribution >= 0.6 is 11.3 Å². The number of nitrogens with zero attached hydrogens (tertiary/aromatic N) is 2. The largest absolute Gasteiger partial charge is 0.488 e. The number of likely N-dealkylation sites (tertiary alicyclic amines) is 1. The number of amides is 1. The zero-order valence-electron chi connectivity index (χ0n) is 12.4. The molecular weight excluding hydrogens is 329 g/mol. The van der Waals surface area contributed by atoms with Crippen LogP contribution < -0.4 is 0 Å². The molecular formula is C15H17F3N2O2S. The smallest absolute Gasteiger partial charge is 0.434 e. The van der Waals surface area contributed by atoms with Crippen LogP contribution in [0.25, 0.3) is 0 Å². The summed E-state index contributed by atoms with van der Waals surface area (Å²) in [6.07, 6.45) is 0.595. The SMILES string of the molecule is O=C(C1=CCCCO1)N1CCCC(c2nc(C(F)(F)F)cs2)C1. The minimum atomic E-state index is -4.42. The van der Waals surface area contributed by atoms with Gasteiger partial charge in [-0.2, -0.15) is 13.2 Å². The predicted octanol–water partition coefficient (Wildman–Crippen LogP) is 3.56. The van der Waals surface area contributed by atoms with Crippen LogP contribution in [0, 0.1) is 0 Å². The summed E-state index contributed by atoms with van der Waals surface area (Å²) in [7, 11) is 0. The van der Waals surface area contributed by atoms with Crippen LogP contribution in [0.2, 0.25) is 0 Å². The normalized spacial score (nSPS) is 22.5. The molecule has 3 heterocycles. The third-order valence-corrected chi connectivity index (χ3v) is 5.02. The van der Waals surface area contributed by atoms with Crippen LogP contribution in [0.1, 0.15) is 42.3 Å². The molecule has 1 aromatic heterocycles. The van der Waals surface area contributed by atoms with E-state index in [9.17, 15) is 18.0 Å². The lowest BCUT2D eigenvalue weighted by Crippen LogP contribution is -2.40. The Morgan fingerprint density at radius 1 is 1.39 bits per heavy atom. The van der Waals surface area contributed by atoms with Gasteiger partial charge in [-0.15, -0.1) is 11.3 Å². The molecule has 0 bridgehead atoms. The molecule has 1 fully saturated rings. The van der Waals surface area contributed by atoms with Crippen molar-refractivity contribution in [2.75, 3.05) is 19.7 Å². The Bertz CT molecular complexity index is 612. The molecule has 2 aliphatic heterocycles. The van der Waals surface area contributed by atoms with E-state index in [4.69, 9.17) is 4.74 Å². The van der Waals surface area contributed by atoms with Gasteiger partial charge in [0, 0.05) is 24.4 Å². The molecule has 23 heavy (non-hydrogen) atoms. The van der Waals surface area contributed by atoms with Gasteiger partial charge in [0.05, 0.1) is 11.6 Å². The van der Waals surface area contributed by atoms with E-state index in [1.54, 1.807) is 11.0 Å². The van der Waals surface area contributed by atoms with Crippen LogP contribution in [-0.4, -0.2) is 35.5 Å². The molecule has 3 rings (SSSR count). The first-order valence-electron chi connectivity index (χ1n) is 7.60. The summed E-state index contributed by atoms with van der Waals surface area (Å²) in [5.41, 5.74) is -0.848. The first-order chi connectivity index (χ1) is 10.9. The number of thiazole rings is 1. The van der Waals surface area contributed by atoms with Crippen molar-refractivity contribution >= 4 is 17.2 Å². The second-order valence-electron chi connectivity index (χ2n) is 5.72. The number of alkyl halides is 3. The molecule has 1 aromatic rings. The van der Waals surface area contributed by atoms with Gasteiger partial charge in [-0.1, -0.05) is 0 Å². The van der Waals surface area contributed by atoms with Gasteiger partial charge in [0.25, 0.3) is 5.91 Å². The molecule has 126 valence electrons. The highest BCUT2D eigenvalue weighted by molar-refractivity contribution is 7.09. The van der Waals surface area contributed by atoms with E-state index in [0.29, 0.717) is 30.5 Å². The molecule has 1 atom stereocenters. The second kappa shape index (κ2) is 6.51. The number of piperidine rings is 1. The maximum Gasteiger partial charge on any atom is 0.434 e. The molecule has 0 N–H and O–H groups in total. The molecule has 1 amide bonds. The molecule has 0 radical (unpaired) electrons. The van der Waals surface area contributed by atoms with Crippen molar-refractivity contribution in [3.8, 4) is 0 Å². The number of allylic oxidation sites excluding steroid dienone is 1. The number of hydrogen-bond donors (Lipinski definition) is 0. The topological polar surface area (TPSA) is 42.4 Å². The van der Waals surface area contributed by atoms with Crippen molar-refractivity contribution in [2.24, 2.45) is 0 Å². The monoisotopic (exact) mass is 346 g/mol. The first kappa shape index (κ1) is 16.3. The molecule has 4 nitrogen and oxygen atoms in total. The van der Waals surface area contributed by atoms with Gasteiger partial charge in [-0.3, -0.25) is 4.79 Å². The van der Waals surface area contributed by atoms with Crippen molar-refractivity contribution in [1.82, 2.24) is 9.88 Å². The van der Waals surface area contributed by atoms with E-state index in [1.165, 1.54) is 0 Å². The summed E-state index contributed by atoms with van der Waals surface area (Å²) in [6.45, 7) is 1.54. The standard InChI is InChI=1S/C15H17F3N2O2S/c16-15(17,18)12-9-23-13(19-12)10-4-3-6-20(8-10)14(21)11-5-1-2-7-22-11/h5,9-10H,1-4,6-8H2. The highest BCUT2D eigenvalue weighted by Gasteiger charge is 2.36. The minimum Gasteiger partial charge on any atom is -0.488 e. The number of carbonyl (C=O) groups is 1. The third kappa shape index (κ3) is 3.68. The first-order valence-corrected chi connectivity index (χ1v) is 8.48. The van der Waals surface area contributed by atoms with E-state index >= 15 is 0 Å². The molecule has 8 heteroatoms. The lowest BCUT2D eigenvalue weighted by atomic mass is 9.98. The molecule has 0 spiro atoms. The van der Waals surface area contributed by atoms with E-state index in [1.807, 2.05) is 0 Å². The highest BCUT2D eigenvalue weighted by Crippen LogP contribution is 2.35. The summed E-state index contributed by atoms with van der Waals surface area (Å²) in [5.74, 6) is 0.0620. The van der Waals surface area contributed by atoms with Gasteiger partial charge in [0.1, 0.15) is 0 Å². The number of halogens is 3. The highest BCUT2D eigenvalue weighted by atomic mass is 32.1. The molecule has 0 aromatic carbocycles. The van der Waals surface area contributed by atoms with Crippen LogP contribution in [-0.2, 0) is 15.7 Å². The number of rotatable bonds is 2. The van der Waals surface area contributed by atoms with Gasteiger partial charge in [-0.05, 0) is 31.8 Å². The minimum absolute atomic E-state index is 0.141. The fourth-order valence-corrected chi connectivity index (χ4v) is 3.79. The van der Waals surface area contributed by atoms with Gasteiger partial charge >= 0.3 is 6.18 Å². The van der Waals surface area contributed by atoms with Gasteiger partial charge in [0.15, 0.2) is 11.5 Å². The fourth-order valence-electron chi connectivity index (χ4n) is 2.83. The van der Waals surface area contributed by atoms with Gasteiger partial charge in [0.2, 0.25) is 0 Å². The maximum absolute atomic E-state index is 12.7. The summed E-state index contributed by atoms with van der Waals surface area (Å²) < 4.78 is 43.4. The number of aromatic nitrogens is 1. The van der Waals surface area contributed by atoms with Crippen LogP contribution in [0.15, 0.2) is 17.2 Å². The Morgan fingerprint density at radius 2 is 2.22 bits per heavy atom. The Balaban J connectivity index is 1.69. The Morgan fingerprint density at radius 3 is 2.87 bits per heavy atom. The van der Waals surface area contributed by atoms with E-state index in [2.05, 4.69) is 4.98 Å². The zero-order valence-corrected chi connectivity index (χ0v) is 13.3. The molecule has 0 saturated carbocycles. The Hall–Kier alpha value is -1.57. The number of hydrogen-bond acceptors (Lipinski definition) is 4. The summed E-state index contributed by atoms with van der Waals surface area (Å²) in [5, 5.41) is 1.50. The summed E-state index contributed by atoms with van der Waals surface area (Å²) in [6, 6.07) is 0. The zero-order chi connectivity index (χ0) is 16.4. The van der Waals surface area contributed by atoms with Crippen molar-refractivity contribution in [3.63, 3.8) is 0 Å². The molecule has 1 unspecified atom stereocenters. The Labute approximate surface area is 136 Å². The van der Waals surface area contributed by atoms with Gasteiger partial charge in [-0.25, -0.2) is 4.98 Å². The van der Waals surface area contributed by atoms with Crippen LogP contribution in [0.3, 0.4) is 0 Å².